The molecule has 168 valence electrons. The van der Waals surface area contributed by atoms with E-state index in [-0.39, 0.29) is 24.2 Å². The second-order valence-corrected chi connectivity index (χ2v) is 10.2. The first-order chi connectivity index (χ1) is 14.4. The van der Waals surface area contributed by atoms with Crippen LogP contribution in [0.3, 0.4) is 0 Å². The van der Waals surface area contributed by atoms with Crippen molar-refractivity contribution >= 4 is 16.1 Å². The minimum atomic E-state index is -3.36. The number of benzene rings is 1. The summed E-state index contributed by atoms with van der Waals surface area (Å²) in [5, 5.41) is 2.84. The highest BCUT2D eigenvalue weighted by Gasteiger charge is 2.36. The van der Waals surface area contributed by atoms with Gasteiger partial charge in [0, 0.05) is 19.1 Å². The predicted octanol–water partition coefficient (Wildman–Crippen LogP) is 2.84. The van der Waals surface area contributed by atoms with Crippen molar-refractivity contribution in [3.8, 4) is 0 Å². The van der Waals surface area contributed by atoms with Crippen LogP contribution in [0.15, 0.2) is 30.3 Å². The summed E-state index contributed by atoms with van der Waals surface area (Å²) in [5.74, 6) is 0.576. The zero-order valence-corrected chi connectivity index (χ0v) is 18.9. The number of nitrogens with one attached hydrogen (secondary N) is 2. The molecule has 2 aliphatic rings. The summed E-state index contributed by atoms with van der Waals surface area (Å²) in [6.45, 7) is 3.38. The van der Waals surface area contributed by atoms with Gasteiger partial charge >= 0.3 is 6.03 Å². The van der Waals surface area contributed by atoms with E-state index < -0.39 is 10.0 Å². The van der Waals surface area contributed by atoms with Crippen molar-refractivity contribution in [3.05, 3.63) is 35.9 Å². The molecule has 0 radical (unpaired) electrons. The molecular weight excluding hydrogens is 402 g/mol. The summed E-state index contributed by atoms with van der Waals surface area (Å²) in [5.41, 5.74) is 1.39. The molecule has 7 nitrogen and oxygen atoms in total. The second-order valence-electron chi connectivity index (χ2n) is 8.45. The fourth-order valence-electron chi connectivity index (χ4n) is 4.70. The topological polar surface area (TPSA) is 87.7 Å². The van der Waals surface area contributed by atoms with Crippen molar-refractivity contribution < 1.29 is 17.9 Å². The van der Waals surface area contributed by atoms with Gasteiger partial charge in [-0.15, -0.1) is 0 Å². The Morgan fingerprint density at radius 2 is 1.83 bits per heavy atom. The molecule has 1 saturated heterocycles. The highest BCUT2D eigenvalue weighted by molar-refractivity contribution is 7.88. The van der Waals surface area contributed by atoms with Crippen LogP contribution in [0.4, 0.5) is 4.79 Å². The Morgan fingerprint density at radius 1 is 1.13 bits per heavy atom. The molecule has 1 aromatic carbocycles. The Bertz CT molecular complexity index is 779. The number of piperidine rings is 1. The maximum absolute atomic E-state index is 12.6. The van der Waals surface area contributed by atoms with Crippen LogP contribution < -0.4 is 10.0 Å². The molecule has 30 heavy (non-hydrogen) atoms. The number of hydrogen-bond acceptors (Lipinski definition) is 4. The van der Waals surface area contributed by atoms with Crippen molar-refractivity contribution in [1.82, 2.24) is 14.9 Å². The summed E-state index contributed by atoms with van der Waals surface area (Å²) in [7, 11) is -3.36. The van der Waals surface area contributed by atoms with Gasteiger partial charge in [0.1, 0.15) is 0 Å². The summed E-state index contributed by atoms with van der Waals surface area (Å²) in [4.78, 5) is 14.3. The molecule has 1 aliphatic heterocycles. The average molecular weight is 438 g/mol. The maximum atomic E-state index is 12.6. The first-order valence-corrected chi connectivity index (χ1v) is 12.9. The van der Waals surface area contributed by atoms with Crippen molar-refractivity contribution in [3.63, 3.8) is 0 Å². The van der Waals surface area contributed by atoms with Crippen LogP contribution in [0.25, 0.3) is 0 Å². The molecule has 1 aliphatic carbocycles. The Labute approximate surface area is 180 Å². The fraction of sp³-hybridized carbons (Fsp3) is 0.682. The first kappa shape index (κ1) is 23.0. The van der Waals surface area contributed by atoms with E-state index in [0.29, 0.717) is 32.0 Å². The molecule has 8 heteroatoms. The molecule has 2 atom stereocenters. The van der Waals surface area contributed by atoms with Gasteiger partial charge in [-0.05, 0) is 56.9 Å². The molecule has 2 amide bonds. The summed E-state index contributed by atoms with van der Waals surface area (Å²) in [6, 6.07) is 9.84. The van der Waals surface area contributed by atoms with Gasteiger partial charge in [0.15, 0.2) is 0 Å². The van der Waals surface area contributed by atoms with Crippen molar-refractivity contribution in [2.24, 2.45) is 0 Å². The van der Waals surface area contributed by atoms with Gasteiger partial charge in [0.05, 0.1) is 25.0 Å². The Balaban J connectivity index is 1.59. The van der Waals surface area contributed by atoms with Gasteiger partial charge in [-0.3, -0.25) is 0 Å². The van der Waals surface area contributed by atoms with E-state index in [1.54, 1.807) is 4.90 Å². The molecule has 0 bridgehead atoms. The van der Waals surface area contributed by atoms with Crippen LogP contribution in [0.5, 0.6) is 0 Å². The summed E-state index contributed by atoms with van der Waals surface area (Å²) >= 11 is 0. The lowest BCUT2D eigenvalue weighted by atomic mass is 9.83. The van der Waals surface area contributed by atoms with Gasteiger partial charge in [0.25, 0.3) is 0 Å². The van der Waals surface area contributed by atoms with Crippen LogP contribution >= 0.6 is 0 Å². The molecule has 1 saturated carbocycles. The molecule has 1 heterocycles. The van der Waals surface area contributed by atoms with E-state index in [2.05, 4.69) is 34.3 Å². The number of rotatable bonds is 7. The molecule has 2 N–H and O–H groups in total. The van der Waals surface area contributed by atoms with E-state index in [4.69, 9.17) is 4.74 Å². The monoisotopic (exact) mass is 437 g/mol. The third kappa shape index (κ3) is 6.43. The lowest BCUT2D eigenvalue weighted by Crippen LogP contribution is -2.60. The van der Waals surface area contributed by atoms with Gasteiger partial charge in [0.2, 0.25) is 10.0 Å². The lowest BCUT2D eigenvalue weighted by Gasteiger charge is -2.42. The normalized spacial score (nSPS) is 27.6. The van der Waals surface area contributed by atoms with Crippen molar-refractivity contribution in [2.45, 2.75) is 69.6 Å². The van der Waals surface area contributed by atoms with Crippen LogP contribution in [-0.4, -0.2) is 63.5 Å². The third-order valence-electron chi connectivity index (χ3n) is 6.18. The van der Waals surface area contributed by atoms with Crippen molar-refractivity contribution in [1.29, 1.82) is 0 Å². The highest BCUT2D eigenvalue weighted by atomic mass is 32.2. The number of sulfonamides is 1. The number of nitrogens with zero attached hydrogens (tertiary/aromatic N) is 1. The zero-order valence-electron chi connectivity index (χ0n) is 18.0. The number of ether oxygens (including phenoxy) is 1. The predicted molar refractivity (Wildman–Crippen MR) is 118 cm³/mol. The minimum Gasteiger partial charge on any atom is -0.376 e. The number of hydrogen-bond donors (Lipinski definition) is 2. The molecule has 2 unspecified atom stereocenters. The van der Waals surface area contributed by atoms with Crippen LogP contribution in [0.1, 0.15) is 56.9 Å². The second kappa shape index (κ2) is 10.6. The number of carbonyl (C=O) groups is 1. The third-order valence-corrected chi connectivity index (χ3v) is 6.91. The standard InChI is InChI=1S/C22H35N3O4S/c1-3-23-22(26)25-15-7-10-20(24-30(2,27)28)21(25)16-29-19-13-11-18(12-14-19)17-8-5-4-6-9-17/h4-6,8-9,18-21,24H,3,7,10-16H2,1-2H3,(H,23,26). The van der Waals surface area contributed by atoms with Crippen molar-refractivity contribution in [2.75, 3.05) is 26.0 Å². The quantitative estimate of drug-likeness (QED) is 0.687. The number of urea groups is 1. The molecule has 0 spiro atoms. The van der Waals surface area contributed by atoms with Gasteiger partial charge in [-0.1, -0.05) is 30.3 Å². The van der Waals surface area contributed by atoms with E-state index in [1.807, 2.05) is 13.0 Å². The summed E-state index contributed by atoms with van der Waals surface area (Å²) in [6.07, 6.45) is 6.94. The van der Waals surface area contributed by atoms with E-state index >= 15 is 0 Å². The first-order valence-electron chi connectivity index (χ1n) is 11.1. The van der Waals surface area contributed by atoms with E-state index in [0.717, 1.165) is 32.1 Å². The fourth-order valence-corrected chi connectivity index (χ4v) is 5.53. The smallest absolute Gasteiger partial charge is 0.317 e. The number of carbonyl (C=O) groups excluding carboxylic acids is 1. The Morgan fingerprint density at radius 3 is 2.47 bits per heavy atom. The maximum Gasteiger partial charge on any atom is 0.317 e. The van der Waals surface area contributed by atoms with Crippen LogP contribution in [0.2, 0.25) is 0 Å². The molecule has 0 aromatic heterocycles. The minimum absolute atomic E-state index is 0.154. The summed E-state index contributed by atoms with van der Waals surface area (Å²) < 4.78 is 32.7. The van der Waals surface area contributed by atoms with E-state index in [1.165, 1.54) is 11.8 Å². The van der Waals surface area contributed by atoms with Gasteiger partial charge in [-0.25, -0.2) is 17.9 Å². The Hall–Kier alpha value is -1.64. The zero-order chi connectivity index (χ0) is 21.6. The van der Waals surface area contributed by atoms with Gasteiger partial charge in [-0.2, -0.15) is 0 Å². The number of amides is 2. The molecule has 3 rings (SSSR count). The van der Waals surface area contributed by atoms with Crippen LogP contribution in [0, 0.1) is 0 Å². The molecule has 1 aromatic rings. The SMILES string of the molecule is CCNC(=O)N1CCCC(NS(C)(=O)=O)C1COC1CCC(c2ccccc2)CC1. The average Bonchev–Trinajstić information content (AvgIpc) is 2.73. The highest BCUT2D eigenvalue weighted by Crippen LogP contribution is 2.34. The molecular formula is C22H35N3O4S. The van der Waals surface area contributed by atoms with Crippen LogP contribution in [-0.2, 0) is 14.8 Å². The largest absolute Gasteiger partial charge is 0.376 e. The van der Waals surface area contributed by atoms with Gasteiger partial charge < -0.3 is 15.0 Å². The number of likely N-dealkylation sites (tertiary alicyclic amines) is 1. The lowest BCUT2D eigenvalue weighted by molar-refractivity contribution is -0.0173. The Kier molecular flexibility index (Phi) is 8.13. The van der Waals surface area contributed by atoms with E-state index in [9.17, 15) is 13.2 Å². The molecule has 2 fully saturated rings.